The molecule has 2 bridgehead atoms. The molecule has 0 radical (unpaired) electrons. The van der Waals surface area contributed by atoms with Gasteiger partial charge in [-0.15, -0.1) is 12.4 Å². The van der Waals surface area contributed by atoms with Crippen LogP contribution < -0.4 is 5.32 Å². The van der Waals surface area contributed by atoms with Crippen LogP contribution >= 0.6 is 12.4 Å². The zero-order valence-corrected chi connectivity index (χ0v) is 12.8. The number of piperidine rings is 1. The summed E-state index contributed by atoms with van der Waals surface area (Å²) in [5.41, 5.74) is 0. The lowest BCUT2D eigenvalue weighted by Crippen LogP contribution is -2.46. The first kappa shape index (κ1) is 15.6. The van der Waals surface area contributed by atoms with Crippen LogP contribution in [0.4, 0.5) is 0 Å². The summed E-state index contributed by atoms with van der Waals surface area (Å²) >= 11 is 0. The van der Waals surface area contributed by atoms with Crippen LogP contribution in [0.5, 0.6) is 0 Å². The first-order chi connectivity index (χ1) is 9.13. The van der Waals surface area contributed by atoms with Gasteiger partial charge < -0.3 is 15.1 Å². The first-order valence-electron chi connectivity index (χ1n) is 7.42. The van der Waals surface area contributed by atoms with E-state index < -0.39 is 0 Å². The number of rotatable bonds is 1. The molecule has 114 valence electrons. The molecule has 3 heterocycles. The van der Waals surface area contributed by atoms with E-state index in [0.29, 0.717) is 25.0 Å². The maximum Gasteiger partial charge on any atom is 0.226 e. The van der Waals surface area contributed by atoms with Gasteiger partial charge in [-0.25, -0.2) is 0 Å². The second-order valence-corrected chi connectivity index (χ2v) is 6.22. The minimum atomic E-state index is -0.0830. The fraction of sp³-hybridized carbons (Fsp3) is 0.857. The molecule has 3 atom stereocenters. The summed E-state index contributed by atoms with van der Waals surface area (Å²) in [6.07, 6.45) is 4.70. The summed E-state index contributed by atoms with van der Waals surface area (Å²) < 4.78 is 0. The van der Waals surface area contributed by atoms with E-state index >= 15 is 0 Å². The van der Waals surface area contributed by atoms with E-state index in [4.69, 9.17) is 0 Å². The van der Waals surface area contributed by atoms with Gasteiger partial charge in [0.1, 0.15) is 0 Å². The number of hydrogen-bond donors (Lipinski definition) is 1. The first-order valence-corrected chi connectivity index (χ1v) is 7.42. The number of carbonyl (C=O) groups is 2. The predicted octanol–water partition coefficient (Wildman–Crippen LogP) is 0.630. The summed E-state index contributed by atoms with van der Waals surface area (Å²) in [6, 6.07) is 1.07. The fourth-order valence-corrected chi connectivity index (χ4v) is 3.56. The van der Waals surface area contributed by atoms with Crippen LogP contribution in [0.3, 0.4) is 0 Å². The molecule has 3 unspecified atom stereocenters. The molecular formula is C14H24ClN3O2. The van der Waals surface area contributed by atoms with Gasteiger partial charge in [-0.05, 0) is 25.7 Å². The van der Waals surface area contributed by atoms with E-state index in [2.05, 4.69) is 5.32 Å². The smallest absolute Gasteiger partial charge is 0.226 e. The Kier molecular flexibility index (Phi) is 4.91. The molecule has 1 N–H and O–H groups in total. The van der Waals surface area contributed by atoms with Gasteiger partial charge >= 0.3 is 0 Å². The van der Waals surface area contributed by atoms with Gasteiger partial charge in [-0.2, -0.15) is 0 Å². The minimum absolute atomic E-state index is 0. The molecule has 0 aliphatic carbocycles. The topological polar surface area (TPSA) is 52.7 Å². The predicted molar refractivity (Wildman–Crippen MR) is 78.8 cm³/mol. The molecule has 3 aliphatic heterocycles. The maximum atomic E-state index is 12.6. The maximum absolute atomic E-state index is 12.6. The average Bonchev–Trinajstić information content (AvgIpc) is 2.72. The number of fused-ring (bicyclic) bond motifs is 2. The molecule has 0 aromatic heterocycles. The van der Waals surface area contributed by atoms with Crippen molar-refractivity contribution in [3.05, 3.63) is 0 Å². The van der Waals surface area contributed by atoms with Crippen molar-refractivity contribution >= 4 is 24.2 Å². The van der Waals surface area contributed by atoms with Crippen LogP contribution in [-0.2, 0) is 9.59 Å². The summed E-state index contributed by atoms with van der Waals surface area (Å²) in [7, 11) is 1.82. The third kappa shape index (κ3) is 3.09. The van der Waals surface area contributed by atoms with Gasteiger partial charge in [0, 0.05) is 51.1 Å². The molecule has 2 amide bonds. The lowest BCUT2D eigenvalue weighted by atomic mass is 9.94. The lowest BCUT2D eigenvalue weighted by Gasteiger charge is -2.32. The minimum Gasteiger partial charge on any atom is -0.346 e. The van der Waals surface area contributed by atoms with Gasteiger partial charge in [0.25, 0.3) is 0 Å². The molecule has 3 saturated heterocycles. The zero-order valence-electron chi connectivity index (χ0n) is 12.0. The molecule has 0 spiro atoms. The van der Waals surface area contributed by atoms with E-state index in [1.807, 2.05) is 11.9 Å². The number of nitrogens with one attached hydrogen (secondary N) is 1. The quantitative estimate of drug-likeness (QED) is 0.773. The molecule has 6 heteroatoms. The molecule has 5 nitrogen and oxygen atoms in total. The van der Waals surface area contributed by atoms with Crippen LogP contribution in [0.25, 0.3) is 0 Å². The lowest BCUT2D eigenvalue weighted by molar-refractivity contribution is -0.144. The molecule has 0 aromatic rings. The highest BCUT2D eigenvalue weighted by molar-refractivity contribution is 5.87. The average molecular weight is 302 g/mol. The van der Waals surface area contributed by atoms with Crippen LogP contribution in [0, 0.1) is 5.92 Å². The third-order valence-electron chi connectivity index (χ3n) is 4.84. The van der Waals surface area contributed by atoms with Crippen molar-refractivity contribution in [3.63, 3.8) is 0 Å². The second-order valence-electron chi connectivity index (χ2n) is 6.22. The number of halogens is 1. The van der Waals surface area contributed by atoms with Crippen LogP contribution in [-0.4, -0.2) is 60.4 Å². The van der Waals surface area contributed by atoms with Crippen LogP contribution in [0.2, 0.25) is 0 Å². The van der Waals surface area contributed by atoms with Gasteiger partial charge in [0.2, 0.25) is 11.8 Å². The number of nitrogens with zero attached hydrogens (tertiary/aromatic N) is 2. The molecule has 3 fully saturated rings. The monoisotopic (exact) mass is 301 g/mol. The van der Waals surface area contributed by atoms with Crippen LogP contribution in [0.1, 0.15) is 32.1 Å². The number of carbonyl (C=O) groups excluding carboxylic acids is 2. The Morgan fingerprint density at radius 2 is 1.90 bits per heavy atom. The molecular weight excluding hydrogens is 278 g/mol. The Labute approximate surface area is 126 Å². The van der Waals surface area contributed by atoms with Crippen molar-refractivity contribution in [1.29, 1.82) is 0 Å². The Morgan fingerprint density at radius 3 is 2.65 bits per heavy atom. The van der Waals surface area contributed by atoms with E-state index in [0.717, 1.165) is 25.9 Å². The summed E-state index contributed by atoms with van der Waals surface area (Å²) in [4.78, 5) is 28.0. The van der Waals surface area contributed by atoms with Crippen LogP contribution in [0.15, 0.2) is 0 Å². The van der Waals surface area contributed by atoms with Gasteiger partial charge in [-0.3, -0.25) is 9.59 Å². The van der Waals surface area contributed by atoms with Crippen molar-refractivity contribution in [1.82, 2.24) is 15.1 Å². The number of amides is 2. The second kappa shape index (κ2) is 6.31. The van der Waals surface area contributed by atoms with E-state index in [9.17, 15) is 9.59 Å². The molecule has 0 saturated carbocycles. The standard InChI is InChI=1S/C14H23N3O2.ClH/c1-16-6-4-10(8-13(16)18)14(19)17-7-5-11-2-3-12(9-17)15-11;/h10-12,15H,2-9H2,1H3;1H. The van der Waals surface area contributed by atoms with Crippen molar-refractivity contribution in [2.24, 2.45) is 5.92 Å². The molecule has 20 heavy (non-hydrogen) atoms. The third-order valence-corrected chi connectivity index (χ3v) is 4.84. The highest BCUT2D eigenvalue weighted by Gasteiger charge is 2.35. The van der Waals surface area contributed by atoms with Crippen molar-refractivity contribution in [2.75, 3.05) is 26.7 Å². The molecule has 3 rings (SSSR count). The van der Waals surface area contributed by atoms with E-state index in [1.54, 1.807) is 4.90 Å². The Morgan fingerprint density at radius 1 is 1.15 bits per heavy atom. The normalized spacial score (nSPS) is 33.6. The van der Waals surface area contributed by atoms with E-state index in [1.165, 1.54) is 12.8 Å². The summed E-state index contributed by atoms with van der Waals surface area (Å²) in [5.74, 6) is 0.232. The fourth-order valence-electron chi connectivity index (χ4n) is 3.56. The Hall–Kier alpha value is -0.810. The van der Waals surface area contributed by atoms with Gasteiger partial charge in [0.05, 0.1) is 0 Å². The van der Waals surface area contributed by atoms with Gasteiger partial charge in [-0.1, -0.05) is 0 Å². The molecule has 3 aliphatic rings. The number of likely N-dealkylation sites (tertiary alicyclic amines) is 2. The number of hydrogen-bond acceptors (Lipinski definition) is 3. The summed E-state index contributed by atoms with van der Waals surface area (Å²) in [6.45, 7) is 2.40. The van der Waals surface area contributed by atoms with E-state index in [-0.39, 0.29) is 30.1 Å². The van der Waals surface area contributed by atoms with Crippen molar-refractivity contribution in [2.45, 2.75) is 44.2 Å². The van der Waals surface area contributed by atoms with Gasteiger partial charge in [0.15, 0.2) is 0 Å². The Bertz CT molecular complexity index is 391. The highest BCUT2D eigenvalue weighted by atomic mass is 35.5. The highest BCUT2D eigenvalue weighted by Crippen LogP contribution is 2.24. The largest absolute Gasteiger partial charge is 0.346 e. The zero-order chi connectivity index (χ0) is 13.4. The Balaban J connectivity index is 0.00000147. The summed E-state index contributed by atoms with van der Waals surface area (Å²) in [5, 5.41) is 3.59. The van der Waals surface area contributed by atoms with Crippen molar-refractivity contribution < 1.29 is 9.59 Å². The van der Waals surface area contributed by atoms with Crippen molar-refractivity contribution in [3.8, 4) is 0 Å². The molecule has 0 aromatic carbocycles. The SMILES string of the molecule is CN1CCC(C(=O)N2CCC3CCC(C2)N3)CC1=O.Cl.